The molecule has 0 fully saturated rings. The van der Waals surface area contributed by atoms with Gasteiger partial charge in [0.1, 0.15) is 11.3 Å². The first-order valence-electron chi connectivity index (χ1n) is 8.92. The molecule has 0 radical (unpaired) electrons. The number of aromatic hydroxyl groups is 1. The average Bonchev–Trinajstić information content (AvgIpc) is 2.68. The van der Waals surface area contributed by atoms with Crippen LogP contribution < -0.4 is 11.1 Å². The number of hydrogen-bond donors (Lipinski definition) is 3. The lowest BCUT2D eigenvalue weighted by Gasteiger charge is -2.29. The molecule has 0 bridgehead atoms. The highest BCUT2D eigenvalue weighted by Gasteiger charge is 2.31. The number of aromatic nitrogens is 2. The Morgan fingerprint density at radius 1 is 1.25 bits per heavy atom. The number of nitrogens with two attached hydrogens (primary N) is 1. The van der Waals surface area contributed by atoms with Gasteiger partial charge in [0, 0.05) is 29.5 Å². The fourth-order valence-corrected chi connectivity index (χ4v) is 3.21. The number of rotatable bonds is 4. The lowest BCUT2D eigenvalue weighted by molar-refractivity contribution is -0.125. The van der Waals surface area contributed by atoms with Crippen LogP contribution >= 0.6 is 11.6 Å². The molecule has 0 saturated heterocycles. The van der Waals surface area contributed by atoms with Crippen molar-refractivity contribution in [2.45, 2.75) is 32.9 Å². The van der Waals surface area contributed by atoms with E-state index in [0.717, 1.165) is 0 Å². The van der Waals surface area contributed by atoms with E-state index in [1.807, 2.05) is 26.8 Å². The van der Waals surface area contributed by atoms with E-state index in [1.54, 1.807) is 42.9 Å². The molecule has 1 aromatic carbocycles. The molecule has 146 valence electrons. The molecule has 28 heavy (non-hydrogen) atoms. The molecule has 2 heterocycles. The minimum Gasteiger partial charge on any atom is -0.505 e. The first kappa shape index (κ1) is 20.0. The van der Waals surface area contributed by atoms with Gasteiger partial charge < -0.3 is 16.2 Å². The van der Waals surface area contributed by atoms with Crippen molar-refractivity contribution in [3.8, 4) is 5.75 Å². The number of carbonyl (C=O) groups excluding carboxylic acids is 1. The number of benzene rings is 1. The molecule has 3 rings (SSSR count). The van der Waals surface area contributed by atoms with E-state index in [9.17, 15) is 9.90 Å². The number of hydrogen-bond acceptors (Lipinski definition) is 5. The van der Waals surface area contributed by atoms with Crippen LogP contribution in [0.15, 0.2) is 48.9 Å². The normalized spacial score (nSPS) is 13.9. The van der Waals surface area contributed by atoms with E-state index in [-0.39, 0.29) is 11.7 Å². The summed E-state index contributed by atoms with van der Waals surface area (Å²) in [4.78, 5) is 21.2. The van der Waals surface area contributed by atoms with Crippen LogP contribution in [0.2, 0.25) is 5.02 Å². The number of halogens is 1. The van der Waals surface area contributed by atoms with Crippen LogP contribution in [-0.2, 0) is 4.79 Å². The van der Waals surface area contributed by atoms with Gasteiger partial charge in [0.15, 0.2) is 0 Å². The van der Waals surface area contributed by atoms with Gasteiger partial charge in [-0.3, -0.25) is 14.8 Å². The summed E-state index contributed by atoms with van der Waals surface area (Å²) in [6.07, 6.45) is 4.84. The average molecular weight is 399 g/mol. The molecule has 2 aromatic heterocycles. The van der Waals surface area contributed by atoms with E-state index >= 15 is 0 Å². The van der Waals surface area contributed by atoms with Crippen molar-refractivity contribution < 1.29 is 9.90 Å². The summed E-state index contributed by atoms with van der Waals surface area (Å²) >= 11 is 6.43. The summed E-state index contributed by atoms with van der Waals surface area (Å²) in [5.41, 5.74) is 7.20. The molecule has 4 N–H and O–H groups in total. The Morgan fingerprint density at radius 3 is 2.61 bits per heavy atom. The molecule has 1 amide bonds. The Kier molecular flexibility index (Phi) is 5.54. The van der Waals surface area contributed by atoms with Crippen LogP contribution in [-0.4, -0.2) is 27.0 Å². The highest BCUT2D eigenvalue weighted by Crippen LogP contribution is 2.38. The number of phenols is 1. The minimum absolute atomic E-state index is 0.0431. The Hall–Kier alpha value is -2.70. The summed E-state index contributed by atoms with van der Waals surface area (Å²) < 4.78 is 0. The van der Waals surface area contributed by atoms with Crippen LogP contribution in [0.25, 0.3) is 10.9 Å². The number of fused-ring (bicyclic) bond motifs is 1. The monoisotopic (exact) mass is 398 g/mol. The number of phenolic OH excluding ortho intramolecular Hbond substituents is 1. The summed E-state index contributed by atoms with van der Waals surface area (Å²) in [7, 11) is 0. The third kappa shape index (κ3) is 3.93. The van der Waals surface area contributed by atoms with Crippen LogP contribution in [0.3, 0.4) is 0 Å². The van der Waals surface area contributed by atoms with E-state index in [1.165, 1.54) is 0 Å². The van der Waals surface area contributed by atoms with Crippen molar-refractivity contribution in [3.63, 3.8) is 0 Å². The van der Waals surface area contributed by atoms with Gasteiger partial charge >= 0.3 is 0 Å². The SMILES string of the molecule is CC(C)(C)[C@H](N)C(=O)NC(c1cccnc1)c1cc(Cl)c2cccnc2c1O. The van der Waals surface area contributed by atoms with Crippen molar-refractivity contribution >= 4 is 28.4 Å². The highest BCUT2D eigenvalue weighted by molar-refractivity contribution is 6.35. The largest absolute Gasteiger partial charge is 0.505 e. The second kappa shape index (κ2) is 7.73. The quantitative estimate of drug-likeness (QED) is 0.623. The summed E-state index contributed by atoms with van der Waals surface area (Å²) in [6, 6.07) is 7.33. The Morgan fingerprint density at radius 2 is 1.96 bits per heavy atom. The maximum Gasteiger partial charge on any atom is 0.238 e. The van der Waals surface area contributed by atoms with Crippen LogP contribution in [0.4, 0.5) is 0 Å². The molecule has 1 unspecified atom stereocenters. The van der Waals surface area contributed by atoms with Crippen LogP contribution in [0.5, 0.6) is 5.75 Å². The van der Waals surface area contributed by atoms with Gasteiger partial charge in [-0.1, -0.05) is 38.4 Å². The van der Waals surface area contributed by atoms with Gasteiger partial charge in [0.05, 0.1) is 17.1 Å². The smallest absolute Gasteiger partial charge is 0.238 e. The molecule has 7 heteroatoms. The molecule has 2 atom stereocenters. The van der Waals surface area contributed by atoms with Crippen molar-refractivity contribution in [1.29, 1.82) is 0 Å². The molecular formula is C21H23ClN4O2. The van der Waals surface area contributed by atoms with Crippen LogP contribution in [0.1, 0.15) is 37.9 Å². The van der Waals surface area contributed by atoms with Crippen LogP contribution in [0, 0.1) is 5.41 Å². The maximum absolute atomic E-state index is 12.8. The first-order valence-corrected chi connectivity index (χ1v) is 9.30. The first-order chi connectivity index (χ1) is 13.2. The van der Waals surface area contributed by atoms with E-state index < -0.39 is 17.5 Å². The highest BCUT2D eigenvalue weighted by atomic mass is 35.5. The fraction of sp³-hybridized carbons (Fsp3) is 0.286. The Labute approximate surface area is 168 Å². The Balaban J connectivity index is 2.12. The van der Waals surface area contributed by atoms with Gasteiger partial charge in [-0.2, -0.15) is 0 Å². The number of carbonyl (C=O) groups is 1. The van der Waals surface area contributed by atoms with Gasteiger partial charge in [-0.25, -0.2) is 0 Å². The summed E-state index contributed by atoms with van der Waals surface area (Å²) in [6.45, 7) is 5.68. The zero-order chi connectivity index (χ0) is 20.5. The predicted molar refractivity (Wildman–Crippen MR) is 110 cm³/mol. The maximum atomic E-state index is 12.8. The third-order valence-corrected chi connectivity index (χ3v) is 4.99. The molecule has 6 nitrogen and oxygen atoms in total. The zero-order valence-electron chi connectivity index (χ0n) is 16.0. The van der Waals surface area contributed by atoms with E-state index in [2.05, 4.69) is 15.3 Å². The Bertz CT molecular complexity index is 1000. The number of nitrogens with one attached hydrogen (secondary N) is 1. The second-order valence-corrected chi connectivity index (χ2v) is 8.17. The summed E-state index contributed by atoms with van der Waals surface area (Å²) in [5, 5.41) is 14.9. The molecule has 0 aliphatic rings. The molecule has 3 aromatic rings. The molecule has 0 spiro atoms. The van der Waals surface area contributed by atoms with Crippen molar-refractivity contribution in [2.75, 3.05) is 0 Å². The minimum atomic E-state index is -0.733. The standard InChI is InChI=1S/C21H23ClN4O2/c1-21(2,3)19(23)20(28)26-16(12-6-4-8-24-11-12)14-10-15(22)13-7-5-9-25-17(13)18(14)27/h4-11,16,19,27H,23H2,1-3H3,(H,26,28)/t16?,19-/m1/s1. The van der Waals surface area contributed by atoms with Crippen molar-refractivity contribution in [2.24, 2.45) is 11.1 Å². The predicted octanol–water partition coefficient (Wildman–Crippen LogP) is 3.57. The van der Waals surface area contributed by atoms with Crippen molar-refractivity contribution in [3.05, 3.63) is 65.1 Å². The topological polar surface area (TPSA) is 101 Å². The lowest BCUT2D eigenvalue weighted by atomic mass is 9.86. The zero-order valence-corrected chi connectivity index (χ0v) is 16.7. The van der Waals surface area contributed by atoms with E-state index in [0.29, 0.717) is 27.1 Å². The molecule has 0 aliphatic carbocycles. The molecular weight excluding hydrogens is 376 g/mol. The number of amides is 1. The molecule has 0 saturated carbocycles. The number of pyridine rings is 2. The van der Waals surface area contributed by atoms with Gasteiger partial charge in [0.25, 0.3) is 0 Å². The van der Waals surface area contributed by atoms with Gasteiger partial charge in [0.2, 0.25) is 5.91 Å². The fourth-order valence-electron chi connectivity index (χ4n) is 2.94. The lowest BCUT2D eigenvalue weighted by Crippen LogP contribution is -2.49. The second-order valence-electron chi connectivity index (χ2n) is 7.77. The third-order valence-electron chi connectivity index (χ3n) is 4.68. The van der Waals surface area contributed by atoms with Gasteiger partial charge in [-0.15, -0.1) is 0 Å². The van der Waals surface area contributed by atoms with E-state index in [4.69, 9.17) is 17.3 Å². The molecule has 0 aliphatic heterocycles. The number of nitrogens with zero attached hydrogens (tertiary/aromatic N) is 2. The van der Waals surface area contributed by atoms with Crippen molar-refractivity contribution in [1.82, 2.24) is 15.3 Å². The van der Waals surface area contributed by atoms with Gasteiger partial charge in [-0.05, 0) is 35.2 Å². The summed E-state index contributed by atoms with van der Waals surface area (Å²) in [5.74, 6) is -0.378.